The Morgan fingerprint density at radius 3 is 2.13 bits per heavy atom. The monoisotopic (exact) mass is 320 g/mol. The van der Waals surface area contributed by atoms with Crippen molar-refractivity contribution in [3.8, 4) is 0 Å². The molecular weight excluding hydrogens is 304 g/mol. The fraction of sp³-hybridized carbons (Fsp3) is 0. The van der Waals surface area contributed by atoms with Gasteiger partial charge in [0.05, 0.1) is 4.90 Å². The molecule has 0 aromatic heterocycles. The number of hydrogen-bond acceptors (Lipinski definition) is 2. The van der Waals surface area contributed by atoms with Gasteiger partial charge in [0, 0.05) is 0 Å². The molecular formula is C20H16O2S-. The maximum Gasteiger partial charge on any atom is 0.169 e. The number of allylic oxidation sites excluding steroid dienone is 6. The lowest BCUT2D eigenvalue weighted by Gasteiger charge is -2.20. The summed E-state index contributed by atoms with van der Waals surface area (Å²) in [5, 5.41) is 0. The van der Waals surface area contributed by atoms with E-state index in [0.717, 1.165) is 5.56 Å². The summed E-state index contributed by atoms with van der Waals surface area (Å²) >= 11 is 0. The molecule has 0 fully saturated rings. The van der Waals surface area contributed by atoms with Crippen LogP contribution in [0.5, 0.6) is 0 Å². The third kappa shape index (κ3) is 3.46. The van der Waals surface area contributed by atoms with Crippen LogP contribution in [0.15, 0.2) is 100 Å². The lowest BCUT2D eigenvalue weighted by molar-refractivity contribution is 0.602. The first kappa shape index (κ1) is 15.4. The molecule has 0 N–H and O–H groups in total. The van der Waals surface area contributed by atoms with Crippen molar-refractivity contribution in [3.63, 3.8) is 0 Å². The Morgan fingerprint density at radius 1 is 0.870 bits per heavy atom. The summed E-state index contributed by atoms with van der Waals surface area (Å²) in [4.78, 5) is 0.599. The van der Waals surface area contributed by atoms with Crippen molar-refractivity contribution in [3.05, 3.63) is 114 Å². The second kappa shape index (κ2) is 6.71. The molecule has 23 heavy (non-hydrogen) atoms. The first-order valence-corrected chi connectivity index (χ1v) is 8.78. The van der Waals surface area contributed by atoms with Gasteiger partial charge in [0.15, 0.2) is 9.84 Å². The van der Waals surface area contributed by atoms with Gasteiger partial charge in [-0.2, -0.15) is 0 Å². The van der Waals surface area contributed by atoms with E-state index in [1.165, 1.54) is 0 Å². The summed E-state index contributed by atoms with van der Waals surface area (Å²) in [5.41, 5.74) is 1.53. The predicted octanol–water partition coefficient (Wildman–Crippen LogP) is 4.30. The Bertz CT molecular complexity index is 858. The molecule has 115 valence electrons. The summed E-state index contributed by atoms with van der Waals surface area (Å²) in [7, 11) is -3.59. The fourth-order valence-electron chi connectivity index (χ4n) is 2.35. The van der Waals surface area contributed by atoms with Crippen LogP contribution in [0.1, 0.15) is 5.56 Å². The highest BCUT2D eigenvalue weighted by molar-refractivity contribution is 7.95. The predicted molar refractivity (Wildman–Crippen MR) is 93.1 cm³/mol. The highest BCUT2D eigenvalue weighted by atomic mass is 32.2. The van der Waals surface area contributed by atoms with E-state index < -0.39 is 9.84 Å². The van der Waals surface area contributed by atoms with E-state index in [9.17, 15) is 8.42 Å². The SMILES string of the molecule is O=S(=O)(/C([CH]c1ccccc1)=C1/C=CC=C[CH-]1)c1ccccc1. The van der Waals surface area contributed by atoms with Crippen LogP contribution >= 0.6 is 0 Å². The largest absolute Gasteiger partial charge is 0.229 e. The standard InChI is InChI=1S/C20H16O2S/c21-23(22,19-14-8-3-9-15-19)20(18-12-6-2-7-13-18)16-17-10-4-1-5-11-17/h1-16H/q-1. The average molecular weight is 320 g/mol. The maximum atomic E-state index is 13.1. The van der Waals surface area contributed by atoms with Crippen molar-refractivity contribution in [2.24, 2.45) is 0 Å². The van der Waals surface area contributed by atoms with Gasteiger partial charge in [-0.05, 0) is 29.0 Å². The van der Waals surface area contributed by atoms with E-state index in [1.54, 1.807) is 30.7 Å². The molecule has 1 radical (unpaired) electrons. The highest BCUT2D eigenvalue weighted by Gasteiger charge is 2.19. The summed E-state index contributed by atoms with van der Waals surface area (Å²) in [5.74, 6) is 0. The van der Waals surface area contributed by atoms with E-state index in [1.807, 2.05) is 67.1 Å². The average Bonchev–Trinajstić information content (AvgIpc) is 2.62. The van der Waals surface area contributed by atoms with Crippen molar-refractivity contribution in [1.82, 2.24) is 0 Å². The van der Waals surface area contributed by atoms with Crippen molar-refractivity contribution in [1.29, 1.82) is 0 Å². The quantitative estimate of drug-likeness (QED) is 0.787. The minimum atomic E-state index is -3.59. The van der Waals surface area contributed by atoms with Gasteiger partial charge in [0.25, 0.3) is 0 Å². The molecule has 1 aliphatic rings. The second-order valence-corrected chi connectivity index (χ2v) is 7.02. The van der Waals surface area contributed by atoms with Gasteiger partial charge in [0.2, 0.25) is 0 Å². The van der Waals surface area contributed by atoms with Crippen LogP contribution in [0, 0.1) is 12.8 Å². The zero-order valence-electron chi connectivity index (χ0n) is 12.5. The van der Waals surface area contributed by atoms with Crippen LogP contribution < -0.4 is 0 Å². The van der Waals surface area contributed by atoms with Crippen molar-refractivity contribution < 1.29 is 8.42 Å². The molecule has 2 aromatic carbocycles. The topological polar surface area (TPSA) is 34.1 Å². The summed E-state index contributed by atoms with van der Waals surface area (Å²) in [6.07, 6.45) is 10.9. The lowest BCUT2D eigenvalue weighted by Crippen LogP contribution is -2.09. The van der Waals surface area contributed by atoms with E-state index in [2.05, 4.69) is 0 Å². The van der Waals surface area contributed by atoms with Gasteiger partial charge < -0.3 is 0 Å². The summed E-state index contributed by atoms with van der Waals surface area (Å²) in [6.45, 7) is 0. The molecule has 0 aliphatic heterocycles. The first-order valence-electron chi connectivity index (χ1n) is 7.30. The molecule has 3 rings (SSSR count). The smallest absolute Gasteiger partial charge is 0.169 e. The number of rotatable bonds is 4. The summed E-state index contributed by atoms with van der Waals surface area (Å²) in [6, 6.07) is 18.0. The molecule has 2 aromatic rings. The highest BCUT2D eigenvalue weighted by Crippen LogP contribution is 2.29. The molecule has 0 spiro atoms. The van der Waals surface area contributed by atoms with Gasteiger partial charge in [-0.1, -0.05) is 48.5 Å². The third-order valence-electron chi connectivity index (χ3n) is 3.50. The van der Waals surface area contributed by atoms with Gasteiger partial charge in [0.1, 0.15) is 0 Å². The lowest BCUT2D eigenvalue weighted by atomic mass is 10.0. The van der Waals surface area contributed by atoms with Gasteiger partial charge in [-0.15, -0.1) is 36.3 Å². The van der Waals surface area contributed by atoms with Crippen molar-refractivity contribution in [2.45, 2.75) is 4.90 Å². The first-order chi connectivity index (χ1) is 11.2. The van der Waals surface area contributed by atoms with Gasteiger partial charge in [-0.3, -0.25) is 0 Å². The Morgan fingerprint density at radius 2 is 1.52 bits per heavy atom. The van der Waals surface area contributed by atoms with Crippen molar-refractivity contribution in [2.75, 3.05) is 0 Å². The molecule has 0 amide bonds. The molecule has 0 atom stereocenters. The Balaban J connectivity index is 2.09. The van der Waals surface area contributed by atoms with Gasteiger partial charge in [-0.25, -0.2) is 8.42 Å². The molecule has 0 saturated heterocycles. The molecule has 1 aliphatic carbocycles. The Labute approximate surface area is 137 Å². The fourth-order valence-corrected chi connectivity index (χ4v) is 3.85. The number of sulfone groups is 1. The van der Waals surface area contributed by atoms with Crippen LogP contribution in [-0.4, -0.2) is 8.42 Å². The summed E-state index contributed by atoms with van der Waals surface area (Å²) < 4.78 is 26.1. The van der Waals surface area contributed by atoms with E-state index in [-0.39, 0.29) is 0 Å². The van der Waals surface area contributed by atoms with Crippen LogP contribution in [-0.2, 0) is 9.84 Å². The Kier molecular flexibility index (Phi) is 4.49. The maximum absolute atomic E-state index is 13.1. The molecule has 0 bridgehead atoms. The second-order valence-electron chi connectivity index (χ2n) is 5.10. The molecule has 2 nitrogen and oxygen atoms in total. The normalized spacial score (nSPS) is 16.0. The van der Waals surface area contributed by atoms with Crippen LogP contribution in [0.3, 0.4) is 0 Å². The van der Waals surface area contributed by atoms with Crippen LogP contribution in [0.25, 0.3) is 0 Å². The molecule has 0 unspecified atom stereocenters. The zero-order valence-corrected chi connectivity index (χ0v) is 13.3. The van der Waals surface area contributed by atoms with Gasteiger partial charge >= 0.3 is 0 Å². The van der Waals surface area contributed by atoms with E-state index in [4.69, 9.17) is 0 Å². The minimum Gasteiger partial charge on any atom is -0.229 e. The van der Waals surface area contributed by atoms with E-state index in [0.29, 0.717) is 15.4 Å². The minimum absolute atomic E-state index is 0.297. The zero-order chi connectivity index (χ0) is 16.1. The third-order valence-corrected chi connectivity index (χ3v) is 5.32. The van der Waals surface area contributed by atoms with E-state index >= 15 is 0 Å². The molecule has 3 heteroatoms. The Hall–Kier alpha value is -2.52. The van der Waals surface area contributed by atoms with Crippen LogP contribution in [0.4, 0.5) is 0 Å². The molecule has 0 heterocycles. The number of hydrogen-bond donors (Lipinski definition) is 0. The molecule has 0 saturated carbocycles. The van der Waals surface area contributed by atoms with Crippen molar-refractivity contribution >= 4 is 9.84 Å². The number of benzene rings is 2. The van der Waals surface area contributed by atoms with Crippen LogP contribution in [0.2, 0.25) is 0 Å².